The predicted octanol–water partition coefficient (Wildman–Crippen LogP) is 7.30. The topological polar surface area (TPSA) is 92.4 Å². The molecule has 1 aromatic heterocycles. The van der Waals surface area contributed by atoms with Crippen LogP contribution in [-0.4, -0.2) is 22.1 Å². The molecule has 0 radical (unpaired) electrons. The first kappa shape index (κ1) is 26.4. The van der Waals surface area contributed by atoms with Crippen LogP contribution in [0.15, 0.2) is 22.7 Å². The van der Waals surface area contributed by atoms with Crippen LogP contribution in [0.25, 0.3) is 0 Å². The van der Waals surface area contributed by atoms with Gasteiger partial charge in [-0.2, -0.15) is 0 Å². The summed E-state index contributed by atoms with van der Waals surface area (Å²) in [5.74, 6) is 0.197. The number of carbonyl (C=O) groups excluding carboxylic acids is 1. The van der Waals surface area contributed by atoms with E-state index in [1.165, 1.54) is 12.5 Å². The van der Waals surface area contributed by atoms with Gasteiger partial charge in [0.25, 0.3) is 0 Å². The summed E-state index contributed by atoms with van der Waals surface area (Å²) in [6, 6.07) is 4.66. The summed E-state index contributed by atoms with van der Waals surface area (Å²) < 4.78 is 20.2. The lowest BCUT2D eigenvalue weighted by atomic mass is 9.66. The Morgan fingerprint density at radius 2 is 1.97 bits per heavy atom. The molecule has 0 spiro atoms. The van der Waals surface area contributed by atoms with Crippen molar-refractivity contribution in [3.05, 3.63) is 46.6 Å². The second-order valence-electron chi connectivity index (χ2n) is 11.7. The highest BCUT2D eigenvalue weighted by Gasteiger charge is 2.42. The maximum Gasteiger partial charge on any atom is 0.303 e. The van der Waals surface area contributed by atoms with Gasteiger partial charge in [0.1, 0.15) is 11.6 Å². The Morgan fingerprint density at radius 1 is 1.25 bits per heavy atom. The summed E-state index contributed by atoms with van der Waals surface area (Å²) in [5, 5.41) is 16.4. The van der Waals surface area contributed by atoms with Gasteiger partial charge in [0.2, 0.25) is 5.91 Å². The van der Waals surface area contributed by atoms with E-state index in [9.17, 15) is 19.1 Å². The number of nitrogens with one attached hydrogen (secondary N) is 1. The Hall–Kier alpha value is -2.70. The van der Waals surface area contributed by atoms with Crippen LogP contribution < -0.4 is 5.32 Å². The van der Waals surface area contributed by atoms with E-state index in [4.69, 9.17) is 4.52 Å². The fourth-order valence-electron chi connectivity index (χ4n) is 5.52. The van der Waals surface area contributed by atoms with Crippen molar-refractivity contribution < 1.29 is 23.6 Å². The predicted molar refractivity (Wildman–Crippen MR) is 137 cm³/mol. The van der Waals surface area contributed by atoms with E-state index in [1.807, 2.05) is 0 Å². The van der Waals surface area contributed by atoms with Crippen LogP contribution in [0.5, 0.6) is 0 Å². The van der Waals surface area contributed by atoms with Crippen molar-refractivity contribution in [2.45, 2.75) is 103 Å². The molecule has 0 bridgehead atoms. The third-order valence-corrected chi connectivity index (χ3v) is 8.10. The summed E-state index contributed by atoms with van der Waals surface area (Å²) in [6.45, 7) is 8.67. The van der Waals surface area contributed by atoms with E-state index in [2.05, 4.69) is 31.2 Å². The number of halogens is 1. The molecule has 1 heterocycles. The number of aliphatic carboxylic acids is 1. The fourth-order valence-corrected chi connectivity index (χ4v) is 5.52. The molecule has 1 aromatic carbocycles. The molecule has 2 saturated carbocycles. The number of anilines is 1. The molecule has 2 aliphatic carbocycles. The van der Waals surface area contributed by atoms with Crippen LogP contribution in [0.1, 0.15) is 119 Å². The molecular weight excluding hydrogens is 459 g/mol. The number of aryl methyl sites for hydroxylation is 1. The molecule has 1 amide bonds. The smallest absolute Gasteiger partial charge is 0.303 e. The number of carboxylic acid groups (broad SMARTS) is 1. The largest absolute Gasteiger partial charge is 0.481 e. The van der Waals surface area contributed by atoms with E-state index in [0.717, 1.165) is 54.7 Å². The molecule has 2 fully saturated rings. The van der Waals surface area contributed by atoms with Gasteiger partial charge in [-0.25, -0.2) is 4.39 Å². The number of hydrogen-bond acceptors (Lipinski definition) is 4. The van der Waals surface area contributed by atoms with Crippen molar-refractivity contribution >= 4 is 17.6 Å². The highest BCUT2D eigenvalue weighted by atomic mass is 19.1. The normalized spacial score (nSPS) is 20.6. The molecule has 1 atom stereocenters. The molecule has 2 aromatic rings. The Labute approximate surface area is 213 Å². The number of hydrogen-bond donors (Lipinski definition) is 2. The Bertz CT molecular complexity index is 1100. The monoisotopic (exact) mass is 498 g/mol. The zero-order valence-electron chi connectivity index (χ0n) is 21.9. The first-order valence-corrected chi connectivity index (χ1v) is 13.3. The lowest BCUT2D eigenvalue weighted by Gasteiger charge is -2.39. The van der Waals surface area contributed by atoms with Crippen LogP contribution in [0.4, 0.5) is 10.1 Å². The minimum absolute atomic E-state index is 0.0320. The van der Waals surface area contributed by atoms with E-state index < -0.39 is 17.7 Å². The number of benzene rings is 1. The number of rotatable bonds is 12. The number of carboxylic acids is 1. The van der Waals surface area contributed by atoms with E-state index in [-0.39, 0.29) is 30.9 Å². The zero-order valence-corrected chi connectivity index (χ0v) is 21.9. The van der Waals surface area contributed by atoms with Gasteiger partial charge in [-0.3, -0.25) is 9.59 Å². The van der Waals surface area contributed by atoms with Crippen LogP contribution in [0.2, 0.25) is 0 Å². The Kier molecular flexibility index (Phi) is 7.86. The average molecular weight is 499 g/mol. The van der Waals surface area contributed by atoms with Gasteiger partial charge in [-0.15, -0.1) is 0 Å². The third kappa shape index (κ3) is 6.34. The maximum atomic E-state index is 14.3. The van der Waals surface area contributed by atoms with Crippen LogP contribution in [0.3, 0.4) is 0 Å². The molecule has 2 N–H and O–H groups in total. The lowest BCUT2D eigenvalue weighted by molar-refractivity contribution is -0.137. The van der Waals surface area contributed by atoms with Crippen LogP contribution >= 0.6 is 0 Å². The number of aromatic nitrogens is 1. The van der Waals surface area contributed by atoms with Gasteiger partial charge in [0, 0.05) is 30.2 Å². The van der Waals surface area contributed by atoms with Gasteiger partial charge in [-0.1, -0.05) is 38.4 Å². The van der Waals surface area contributed by atoms with Gasteiger partial charge in [0.15, 0.2) is 0 Å². The molecule has 0 aliphatic heterocycles. The number of carbonyl (C=O) groups is 2. The highest BCUT2D eigenvalue weighted by Crippen LogP contribution is 2.53. The molecule has 2 aliphatic rings. The first-order chi connectivity index (χ1) is 17.1. The zero-order chi connectivity index (χ0) is 26.0. The summed E-state index contributed by atoms with van der Waals surface area (Å²) in [7, 11) is 0. The quantitative estimate of drug-likeness (QED) is 0.320. The van der Waals surface area contributed by atoms with Crippen molar-refractivity contribution in [3.63, 3.8) is 0 Å². The van der Waals surface area contributed by atoms with Crippen molar-refractivity contribution in [2.24, 2.45) is 11.3 Å². The molecule has 7 heteroatoms. The van der Waals surface area contributed by atoms with Crippen molar-refractivity contribution in [2.75, 3.05) is 5.32 Å². The van der Waals surface area contributed by atoms with Crippen LogP contribution in [0, 0.1) is 24.1 Å². The van der Waals surface area contributed by atoms with Gasteiger partial charge < -0.3 is 14.9 Å². The summed E-state index contributed by atoms with van der Waals surface area (Å²) in [6.07, 6.45) is 6.91. The van der Waals surface area contributed by atoms with Gasteiger partial charge in [0.05, 0.1) is 11.4 Å². The Morgan fingerprint density at radius 3 is 2.58 bits per heavy atom. The highest BCUT2D eigenvalue weighted by molar-refractivity contribution is 5.91. The number of nitrogens with zero attached hydrogens (tertiary/aromatic N) is 1. The molecule has 0 saturated heterocycles. The average Bonchev–Trinajstić information content (AvgIpc) is 3.54. The first-order valence-electron chi connectivity index (χ1n) is 13.3. The summed E-state index contributed by atoms with van der Waals surface area (Å²) in [4.78, 5) is 24.3. The van der Waals surface area contributed by atoms with E-state index in [0.29, 0.717) is 23.2 Å². The molecule has 196 valence electrons. The van der Waals surface area contributed by atoms with Crippen molar-refractivity contribution in [1.29, 1.82) is 0 Å². The maximum absolute atomic E-state index is 14.3. The van der Waals surface area contributed by atoms with Gasteiger partial charge >= 0.3 is 5.97 Å². The molecule has 4 rings (SSSR count). The van der Waals surface area contributed by atoms with E-state index >= 15 is 0 Å². The molecule has 36 heavy (non-hydrogen) atoms. The standard InChI is InChI=1S/C29H39FN2O4/c1-5-29(3,4)16-18-13-21(14-18)28-26(19-7-8-19)27(32-36-28)20(9-11-25(34)35)15-24(33)31-23-10-6-17(2)12-22(23)30/h6,10,12,18-21H,5,7-9,11,13-16H2,1-4H3,(H,31,33)(H,34,35)/t18-,20-,21-/m1/s1. The number of amides is 1. The van der Waals surface area contributed by atoms with Crippen molar-refractivity contribution in [1.82, 2.24) is 5.16 Å². The SMILES string of the molecule is CCC(C)(C)C[C@H]1C[C@H](c2onc([C@H](CCC(=O)O)CC(=O)Nc3ccc(C)cc3F)c2C2CC2)C1. The summed E-state index contributed by atoms with van der Waals surface area (Å²) in [5.41, 5.74) is 3.07. The Balaban J connectivity index is 1.50. The summed E-state index contributed by atoms with van der Waals surface area (Å²) >= 11 is 0. The molecular formula is C29H39FN2O4. The minimum Gasteiger partial charge on any atom is -0.481 e. The van der Waals surface area contributed by atoms with E-state index in [1.54, 1.807) is 19.1 Å². The lowest BCUT2D eigenvalue weighted by Crippen LogP contribution is -2.27. The molecule has 0 unspecified atom stereocenters. The third-order valence-electron chi connectivity index (χ3n) is 8.10. The second kappa shape index (κ2) is 10.7. The van der Waals surface area contributed by atoms with Crippen LogP contribution in [-0.2, 0) is 9.59 Å². The fraction of sp³-hybridized carbons (Fsp3) is 0.621. The molecule has 6 nitrogen and oxygen atoms in total. The second-order valence-corrected chi connectivity index (χ2v) is 11.7. The minimum atomic E-state index is -0.915. The van der Waals surface area contributed by atoms with Crippen molar-refractivity contribution in [3.8, 4) is 0 Å². The van der Waals surface area contributed by atoms with Gasteiger partial charge in [-0.05, 0) is 80.4 Å².